The molecule has 1 aromatic heterocycles. The molecule has 2 bridgehead atoms. The summed E-state index contributed by atoms with van der Waals surface area (Å²) in [6.45, 7) is 4.06. The number of aromatic nitrogens is 1. The second-order valence-corrected chi connectivity index (χ2v) is 9.42. The molecule has 2 atom stereocenters. The molecule has 1 aromatic carbocycles. The van der Waals surface area contributed by atoms with Gasteiger partial charge in [0.15, 0.2) is 0 Å². The van der Waals surface area contributed by atoms with Crippen LogP contribution in [0.3, 0.4) is 0 Å². The first-order valence-corrected chi connectivity index (χ1v) is 12.4. The van der Waals surface area contributed by atoms with Gasteiger partial charge >= 0.3 is 0 Å². The minimum atomic E-state index is -0.140. The van der Waals surface area contributed by atoms with E-state index in [0.29, 0.717) is 39.2 Å². The van der Waals surface area contributed by atoms with Crippen molar-refractivity contribution in [3.05, 3.63) is 59.9 Å². The average Bonchev–Trinajstić information content (AvgIpc) is 2.87. The molecule has 2 aliphatic rings. The summed E-state index contributed by atoms with van der Waals surface area (Å²) in [6.07, 6.45) is 4.64. The van der Waals surface area contributed by atoms with Gasteiger partial charge in [-0.05, 0) is 49.3 Å². The molecule has 1 saturated heterocycles. The highest BCUT2D eigenvalue weighted by atomic mass is 16.5. The number of hydrogen-bond donors (Lipinski definition) is 1. The van der Waals surface area contributed by atoms with Gasteiger partial charge in [-0.3, -0.25) is 19.4 Å². The average molecular weight is 479 g/mol. The van der Waals surface area contributed by atoms with Crippen molar-refractivity contribution in [3.8, 4) is 5.75 Å². The van der Waals surface area contributed by atoms with E-state index in [1.807, 2.05) is 47.4 Å². The molecule has 186 valence electrons. The second kappa shape index (κ2) is 11.8. The van der Waals surface area contributed by atoms with Crippen LogP contribution in [0.5, 0.6) is 5.75 Å². The number of ether oxygens (including phenoxy) is 1. The number of pyridine rings is 1. The Hall–Kier alpha value is -3.42. The number of carbonyl (C=O) groups excluding carboxylic acids is 3. The summed E-state index contributed by atoms with van der Waals surface area (Å²) < 4.78 is 6.07. The largest absolute Gasteiger partial charge is 0.493 e. The zero-order chi connectivity index (χ0) is 24.6. The lowest BCUT2D eigenvalue weighted by Gasteiger charge is -2.39. The lowest BCUT2D eigenvalue weighted by atomic mass is 9.80. The lowest BCUT2D eigenvalue weighted by Crippen LogP contribution is -2.48. The summed E-state index contributed by atoms with van der Waals surface area (Å²) in [7, 11) is 0. The summed E-state index contributed by atoms with van der Waals surface area (Å²) in [6, 6.07) is 13.3. The topological polar surface area (TPSA) is 91.8 Å². The molecule has 4 rings (SSSR count). The molecule has 0 spiro atoms. The highest BCUT2D eigenvalue weighted by Gasteiger charge is 2.33. The minimum Gasteiger partial charge on any atom is -0.493 e. The first-order valence-electron chi connectivity index (χ1n) is 12.4. The van der Waals surface area contributed by atoms with E-state index >= 15 is 0 Å². The first-order chi connectivity index (χ1) is 17.0. The van der Waals surface area contributed by atoms with E-state index in [9.17, 15) is 14.4 Å². The number of benzene rings is 1. The van der Waals surface area contributed by atoms with Gasteiger partial charge in [-0.15, -0.1) is 0 Å². The number of para-hydroxylation sites is 1. The Bertz CT molecular complexity index is 1030. The van der Waals surface area contributed by atoms with Gasteiger partial charge in [-0.25, -0.2) is 0 Å². The number of nitrogens with one attached hydrogen (secondary N) is 1. The van der Waals surface area contributed by atoms with Gasteiger partial charge in [-0.2, -0.15) is 0 Å². The Morgan fingerprint density at radius 2 is 1.94 bits per heavy atom. The van der Waals surface area contributed by atoms with Crippen molar-refractivity contribution in [2.24, 2.45) is 11.8 Å². The Kier molecular flexibility index (Phi) is 8.34. The number of fused-ring (bicyclic) bond motifs is 3. The van der Waals surface area contributed by atoms with Gasteiger partial charge in [0.25, 0.3) is 0 Å². The van der Waals surface area contributed by atoms with Gasteiger partial charge in [0.1, 0.15) is 12.3 Å². The fraction of sp³-hybridized carbons (Fsp3) is 0.481. The van der Waals surface area contributed by atoms with Gasteiger partial charge < -0.3 is 19.9 Å². The third kappa shape index (κ3) is 6.81. The molecule has 35 heavy (non-hydrogen) atoms. The zero-order valence-corrected chi connectivity index (χ0v) is 20.3. The van der Waals surface area contributed by atoms with E-state index in [4.69, 9.17) is 4.74 Å². The minimum absolute atomic E-state index is 0.0104. The number of piperidine rings is 1. The predicted octanol–water partition coefficient (Wildman–Crippen LogP) is 2.77. The van der Waals surface area contributed by atoms with Gasteiger partial charge in [-0.1, -0.05) is 24.3 Å². The van der Waals surface area contributed by atoms with Crippen LogP contribution < -0.4 is 10.1 Å². The van der Waals surface area contributed by atoms with Crippen molar-refractivity contribution < 1.29 is 19.1 Å². The van der Waals surface area contributed by atoms with Crippen molar-refractivity contribution in [1.29, 1.82) is 0 Å². The summed E-state index contributed by atoms with van der Waals surface area (Å²) in [5.41, 5.74) is 1.73. The van der Waals surface area contributed by atoms with Crippen LogP contribution in [-0.4, -0.2) is 58.7 Å². The molecular weight excluding hydrogens is 444 g/mol. The zero-order valence-electron chi connectivity index (χ0n) is 20.3. The SMILES string of the molecule is CC(=O)N1CC(=O)N2CC[C@@H](CC(=O)NCc3ccccn3)[C@@H](CCCOc3ccccc3C1)C2. The van der Waals surface area contributed by atoms with Crippen molar-refractivity contribution in [2.45, 2.75) is 45.7 Å². The second-order valence-electron chi connectivity index (χ2n) is 9.42. The Morgan fingerprint density at radius 1 is 1.11 bits per heavy atom. The van der Waals surface area contributed by atoms with Gasteiger partial charge in [0.05, 0.1) is 18.8 Å². The molecule has 0 aliphatic carbocycles. The van der Waals surface area contributed by atoms with Crippen LogP contribution in [0, 0.1) is 11.8 Å². The fourth-order valence-electron chi connectivity index (χ4n) is 4.96. The predicted molar refractivity (Wildman–Crippen MR) is 131 cm³/mol. The molecule has 2 aromatic rings. The molecule has 0 radical (unpaired) electrons. The monoisotopic (exact) mass is 478 g/mol. The maximum absolute atomic E-state index is 13.2. The third-order valence-corrected chi connectivity index (χ3v) is 6.97. The van der Waals surface area contributed by atoms with Crippen LogP contribution in [-0.2, 0) is 27.5 Å². The highest BCUT2D eigenvalue weighted by Crippen LogP contribution is 2.31. The quantitative estimate of drug-likeness (QED) is 0.730. The Labute approximate surface area is 206 Å². The van der Waals surface area contributed by atoms with Crippen LogP contribution in [0.1, 0.15) is 43.9 Å². The first kappa shape index (κ1) is 24.7. The van der Waals surface area contributed by atoms with E-state index in [2.05, 4.69) is 10.3 Å². The highest BCUT2D eigenvalue weighted by molar-refractivity contribution is 5.84. The van der Waals surface area contributed by atoms with Crippen LogP contribution in [0.15, 0.2) is 48.7 Å². The summed E-state index contributed by atoms with van der Waals surface area (Å²) >= 11 is 0. The summed E-state index contributed by atoms with van der Waals surface area (Å²) in [5, 5.41) is 2.98. The normalized spacial score (nSPS) is 21.0. The summed E-state index contributed by atoms with van der Waals surface area (Å²) in [4.78, 5) is 45.9. The number of amides is 3. The third-order valence-electron chi connectivity index (χ3n) is 6.97. The molecule has 0 saturated carbocycles. The lowest BCUT2D eigenvalue weighted by molar-refractivity contribution is -0.141. The Morgan fingerprint density at radius 3 is 2.74 bits per heavy atom. The maximum atomic E-state index is 13.2. The fourth-order valence-corrected chi connectivity index (χ4v) is 4.96. The smallest absolute Gasteiger partial charge is 0.242 e. The van der Waals surface area contributed by atoms with Gasteiger partial charge in [0.2, 0.25) is 17.7 Å². The number of nitrogens with zero attached hydrogens (tertiary/aromatic N) is 3. The van der Waals surface area contributed by atoms with Crippen LogP contribution in [0.2, 0.25) is 0 Å². The van der Waals surface area contributed by atoms with E-state index in [0.717, 1.165) is 36.3 Å². The number of hydrogen-bond acceptors (Lipinski definition) is 5. The number of rotatable bonds is 4. The molecule has 3 heterocycles. The molecule has 1 fully saturated rings. The standard InChI is InChI=1S/C27H34N4O4/c1-20(32)31-18-23-7-2-3-10-25(23)35-14-6-8-22-17-30(27(34)19-31)13-11-21(22)15-26(33)29-16-24-9-4-5-12-28-24/h2-5,7,9-10,12,21-22H,6,8,11,13-19H2,1H3,(H,29,33)/t21-,22-/m0/s1. The van der Waals surface area contributed by atoms with Crippen LogP contribution >= 0.6 is 0 Å². The summed E-state index contributed by atoms with van der Waals surface area (Å²) in [5.74, 6) is 0.984. The van der Waals surface area contributed by atoms with Crippen LogP contribution in [0.25, 0.3) is 0 Å². The molecule has 8 heteroatoms. The van der Waals surface area contributed by atoms with Crippen LogP contribution in [0.4, 0.5) is 0 Å². The molecule has 1 N–H and O–H groups in total. The van der Waals surface area contributed by atoms with E-state index in [-0.39, 0.29) is 36.1 Å². The van der Waals surface area contributed by atoms with Crippen molar-refractivity contribution in [2.75, 3.05) is 26.2 Å². The molecule has 2 aliphatic heterocycles. The van der Waals surface area contributed by atoms with E-state index < -0.39 is 0 Å². The molecular formula is C27H34N4O4. The van der Waals surface area contributed by atoms with Gasteiger partial charge in [0, 0.05) is 44.7 Å². The van der Waals surface area contributed by atoms with Crippen molar-refractivity contribution in [1.82, 2.24) is 20.1 Å². The van der Waals surface area contributed by atoms with Crippen molar-refractivity contribution >= 4 is 17.7 Å². The number of carbonyl (C=O) groups is 3. The maximum Gasteiger partial charge on any atom is 0.242 e. The molecule has 0 unspecified atom stereocenters. The Balaban J connectivity index is 1.43. The van der Waals surface area contributed by atoms with E-state index in [1.54, 1.807) is 11.1 Å². The van der Waals surface area contributed by atoms with Crippen molar-refractivity contribution in [3.63, 3.8) is 0 Å². The molecule has 8 nitrogen and oxygen atoms in total. The molecule has 3 amide bonds. The van der Waals surface area contributed by atoms with E-state index in [1.165, 1.54) is 6.92 Å².